The minimum absolute atomic E-state index is 0.0583. The van der Waals surface area contributed by atoms with Gasteiger partial charge >= 0.3 is 0 Å². The number of fused-ring (bicyclic) bond motifs is 3. The molecule has 2 amide bonds. The molecule has 20 heavy (non-hydrogen) atoms. The van der Waals surface area contributed by atoms with Crippen LogP contribution in [-0.2, 0) is 9.59 Å². The zero-order chi connectivity index (χ0) is 14.3. The fourth-order valence-corrected chi connectivity index (χ4v) is 4.53. The first kappa shape index (κ1) is 13.5. The van der Waals surface area contributed by atoms with E-state index >= 15 is 0 Å². The van der Waals surface area contributed by atoms with Gasteiger partial charge in [-0.05, 0) is 32.4 Å². The van der Waals surface area contributed by atoms with Gasteiger partial charge in [-0.1, -0.05) is 23.9 Å². The maximum Gasteiger partial charge on any atom is 0.259 e. The van der Waals surface area contributed by atoms with Crippen molar-refractivity contribution in [2.45, 2.75) is 36.5 Å². The fraction of sp³-hybridized carbons (Fsp3) is 0.467. The summed E-state index contributed by atoms with van der Waals surface area (Å²) in [7, 11) is 0. The largest absolute Gasteiger partial charge is 0.340 e. The van der Waals surface area contributed by atoms with E-state index in [9.17, 15) is 9.59 Å². The highest BCUT2D eigenvalue weighted by Crippen LogP contribution is 2.56. The minimum Gasteiger partial charge on any atom is -0.340 e. The van der Waals surface area contributed by atoms with E-state index in [2.05, 4.69) is 0 Å². The van der Waals surface area contributed by atoms with Crippen LogP contribution in [0.1, 0.15) is 26.7 Å². The van der Waals surface area contributed by atoms with Crippen LogP contribution in [0.4, 0.5) is 5.69 Å². The normalized spacial score (nSPS) is 23.7. The van der Waals surface area contributed by atoms with Gasteiger partial charge in [0.1, 0.15) is 0 Å². The number of carbonyl (C=O) groups is 2. The van der Waals surface area contributed by atoms with Gasteiger partial charge in [-0.15, -0.1) is 0 Å². The average molecular weight is 290 g/mol. The van der Waals surface area contributed by atoms with Crippen LogP contribution in [0.25, 0.3) is 0 Å². The Morgan fingerprint density at radius 3 is 2.75 bits per heavy atom. The van der Waals surface area contributed by atoms with Crippen LogP contribution in [0.3, 0.4) is 0 Å². The molecule has 1 aromatic carbocycles. The SMILES string of the molecule is CCN(CC)C(=O)[C@@]12CCC(=O)N1c1ccccc1S2. The van der Waals surface area contributed by atoms with Crippen molar-refractivity contribution in [2.75, 3.05) is 18.0 Å². The molecule has 1 fully saturated rings. The number of carbonyl (C=O) groups excluding carboxylic acids is 2. The lowest BCUT2D eigenvalue weighted by molar-refractivity contribution is -0.133. The molecule has 106 valence electrons. The van der Waals surface area contributed by atoms with Crippen molar-refractivity contribution in [3.63, 3.8) is 0 Å². The summed E-state index contributed by atoms with van der Waals surface area (Å²) in [5.41, 5.74) is 0.889. The molecule has 3 rings (SSSR count). The molecule has 0 aromatic heterocycles. The molecule has 0 aliphatic carbocycles. The number of hydrogen-bond donors (Lipinski definition) is 0. The summed E-state index contributed by atoms with van der Waals surface area (Å²) < 4.78 is 0. The van der Waals surface area contributed by atoms with Crippen molar-refractivity contribution in [3.8, 4) is 0 Å². The molecule has 2 aliphatic heterocycles. The van der Waals surface area contributed by atoms with E-state index in [1.54, 1.807) is 4.90 Å². The third kappa shape index (κ3) is 1.69. The minimum atomic E-state index is -0.743. The van der Waals surface area contributed by atoms with Crippen LogP contribution in [0.2, 0.25) is 0 Å². The zero-order valence-corrected chi connectivity index (χ0v) is 12.6. The molecule has 2 aliphatic rings. The summed E-state index contributed by atoms with van der Waals surface area (Å²) in [5, 5.41) is 0. The van der Waals surface area contributed by atoms with Crippen molar-refractivity contribution in [3.05, 3.63) is 24.3 Å². The quantitative estimate of drug-likeness (QED) is 0.858. The topological polar surface area (TPSA) is 40.6 Å². The molecule has 4 nitrogen and oxygen atoms in total. The second-order valence-corrected chi connectivity index (χ2v) is 6.38. The van der Waals surface area contributed by atoms with E-state index in [4.69, 9.17) is 0 Å². The maximum absolute atomic E-state index is 12.9. The van der Waals surface area contributed by atoms with E-state index in [1.807, 2.05) is 43.0 Å². The first-order valence-electron chi connectivity index (χ1n) is 7.04. The van der Waals surface area contributed by atoms with Crippen molar-refractivity contribution in [1.82, 2.24) is 4.90 Å². The first-order chi connectivity index (χ1) is 9.64. The molecule has 2 heterocycles. The molecular formula is C15H18N2O2S. The van der Waals surface area contributed by atoms with Crippen molar-refractivity contribution >= 4 is 29.3 Å². The lowest BCUT2D eigenvalue weighted by Crippen LogP contribution is -2.53. The Kier molecular flexibility index (Phi) is 3.24. The molecular weight excluding hydrogens is 272 g/mol. The monoisotopic (exact) mass is 290 g/mol. The highest BCUT2D eigenvalue weighted by atomic mass is 32.2. The number of hydrogen-bond acceptors (Lipinski definition) is 3. The second-order valence-electron chi connectivity index (χ2n) is 5.06. The molecule has 1 saturated heterocycles. The van der Waals surface area contributed by atoms with Gasteiger partial charge in [0.2, 0.25) is 5.91 Å². The standard InChI is InChI=1S/C15H18N2O2S/c1-3-16(4-2)14(19)15-10-9-13(18)17(15)11-7-5-6-8-12(11)20-15/h5-8H,3-4,9-10H2,1-2H3/t15-/m0/s1. The van der Waals surface area contributed by atoms with Crippen molar-refractivity contribution < 1.29 is 9.59 Å². The van der Waals surface area contributed by atoms with E-state index in [0.29, 0.717) is 25.9 Å². The van der Waals surface area contributed by atoms with E-state index in [0.717, 1.165) is 10.6 Å². The average Bonchev–Trinajstić information content (AvgIpc) is 2.96. The van der Waals surface area contributed by atoms with Crippen molar-refractivity contribution in [1.29, 1.82) is 0 Å². The second kappa shape index (κ2) is 4.81. The molecule has 1 atom stereocenters. The number of para-hydroxylation sites is 1. The number of rotatable bonds is 3. The summed E-state index contributed by atoms with van der Waals surface area (Å²) in [5.74, 6) is 0.123. The van der Waals surface area contributed by atoms with Crippen LogP contribution < -0.4 is 4.90 Å². The van der Waals surface area contributed by atoms with Gasteiger partial charge in [-0.2, -0.15) is 0 Å². The van der Waals surface area contributed by atoms with Gasteiger partial charge in [0.25, 0.3) is 5.91 Å². The van der Waals surface area contributed by atoms with Crippen LogP contribution in [0.15, 0.2) is 29.2 Å². The molecule has 0 radical (unpaired) electrons. The van der Waals surface area contributed by atoms with E-state index in [-0.39, 0.29) is 11.8 Å². The Balaban J connectivity index is 2.05. The highest BCUT2D eigenvalue weighted by molar-refractivity contribution is 8.02. The number of benzene rings is 1. The summed E-state index contributed by atoms with van der Waals surface area (Å²) in [4.78, 5) is 29.0. The predicted octanol–water partition coefficient (Wildman–Crippen LogP) is 2.48. The number of anilines is 1. The Morgan fingerprint density at radius 2 is 2.05 bits per heavy atom. The zero-order valence-electron chi connectivity index (χ0n) is 11.8. The predicted molar refractivity (Wildman–Crippen MR) is 79.7 cm³/mol. The first-order valence-corrected chi connectivity index (χ1v) is 7.86. The van der Waals surface area contributed by atoms with Gasteiger partial charge in [0.15, 0.2) is 4.87 Å². The van der Waals surface area contributed by atoms with Crippen LogP contribution >= 0.6 is 11.8 Å². The Morgan fingerprint density at radius 1 is 1.35 bits per heavy atom. The third-order valence-electron chi connectivity index (χ3n) is 4.06. The molecule has 0 bridgehead atoms. The number of thioether (sulfide) groups is 1. The highest BCUT2D eigenvalue weighted by Gasteiger charge is 2.58. The lowest BCUT2D eigenvalue weighted by atomic mass is 10.1. The van der Waals surface area contributed by atoms with Gasteiger partial charge in [0.05, 0.1) is 5.69 Å². The van der Waals surface area contributed by atoms with Gasteiger partial charge in [-0.25, -0.2) is 0 Å². The van der Waals surface area contributed by atoms with Gasteiger partial charge in [-0.3, -0.25) is 14.5 Å². The molecule has 0 N–H and O–H groups in total. The molecule has 0 spiro atoms. The van der Waals surface area contributed by atoms with Crippen molar-refractivity contribution in [2.24, 2.45) is 0 Å². The molecule has 0 saturated carbocycles. The summed E-state index contributed by atoms with van der Waals surface area (Å²) >= 11 is 1.54. The number of amides is 2. The third-order valence-corrected chi connectivity index (χ3v) is 5.52. The van der Waals surface area contributed by atoms with Gasteiger partial charge in [0, 0.05) is 24.4 Å². The molecule has 0 unspecified atom stereocenters. The molecule has 5 heteroatoms. The van der Waals surface area contributed by atoms with E-state index < -0.39 is 4.87 Å². The fourth-order valence-electron chi connectivity index (χ4n) is 3.04. The number of likely N-dealkylation sites (N-methyl/N-ethyl adjacent to an activating group) is 1. The smallest absolute Gasteiger partial charge is 0.259 e. The van der Waals surface area contributed by atoms with Crippen LogP contribution in [0, 0.1) is 0 Å². The van der Waals surface area contributed by atoms with Gasteiger partial charge < -0.3 is 4.90 Å². The molecule has 1 aromatic rings. The summed E-state index contributed by atoms with van der Waals surface area (Å²) in [6.07, 6.45) is 1.05. The Labute approximate surface area is 123 Å². The van der Waals surface area contributed by atoms with Crippen LogP contribution in [-0.4, -0.2) is 34.7 Å². The lowest BCUT2D eigenvalue weighted by Gasteiger charge is -2.34. The maximum atomic E-state index is 12.9. The number of nitrogens with zero attached hydrogens (tertiary/aromatic N) is 2. The van der Waals surface area contributed by atoms with E-state index in [1.165, 1.54) is 11.8 Å². The summed E-state index contributed by atoms with van der Waals surface area (Å²) in [6.45, 7) is 5.31. The van der Waals surface area contributed by atoms with Crippen LogP contribution in [0.5, 0.6) is 0 Å². The Bertz CT molecular complexity index is 571. The Hall–Kier alpha value is -1.49. The summed E-state index contributed by atoms with van der Waals surface area (Å²) in [6, 6.07) is 7.79.